The maximum Gasteiger partial charge on any atom is 0.229 e. The summed E-state index contributed by atoms with van der Waals surface area (Å²) in [5, 5.41) is 9.06. The van der Waals surface area contributed by atoms with E-state index in [9.17, 15) is 0 Å². The zero-order chi connectivity index (χ0) is 18.4. The number of pyridine rings is 1. The summed E-state index contributed by atoms with van der Waals surface area (Å²) in [5.74, 6) is 0.638. The monoisotopic (exact) mass is 373 g/mol. The molecule has 1 saturated heterocycles. The normalized spacial score (nSPS) is 16.7. The Morgan fingerprint density at radius 1 is 1.11 bits per heavy atom. The highest BCUT2D eigenvalue weighted by Crippen LogP contribution is 2.48. The smallest absolute Gasteiger partial charge is 0.229 e. The van der Waals surface area contributed by atoms with Gasteiger partial charge in [0.2, 0.25) is 5.95 Å². The molecule has 2 aliphatic rings. The van der Waals surface area contributed by atoms with Crippen molar-refractivity contribution >= 4 is 24.3 Å². The van der Waals surface area contributed by atoms with Gasteiger partial charge >= 0.3 is 0 Å². The molecule has 0 amide bonds. The first-order valence-electron chi connectivity index (χ1n) is 8.56. The lowest BCUT2D eigenvalue weighted by atomic mass is 9.81. The summed E-state index contributed by atoms with van der Waals surface area (Å²) in [5.41, 5.74) is 4.39. The number of thiol groups is 1. The van der Waals surface area contributed by atoms with Gasteiger partial charge in [0.25, 0.3) is 0 Å². The van der Waals surface area contributed by atoms with Crippen molar-refractivity contribution in [1.82, 2.24) is 15.0 Å². The first-order chi connectivity index (χ1) is 13.2. The molecule has 2 aliphatic heterocycles. The molecule has 1 fully saturated rings. The van der Waals surface area contributed by atoms with Crippen LogP contribution in [0.1, 0.15) is 11.1 Å². The van der Waals surface area contributed by atoms with Gasteiger partial charge in [-0.1, -0.05) is 6.07 Å². The number of benzene rings is 1. The van der Waals surface area contributed by atoms with Gasteiger partial charge < -0.3 is 9.64 Å². The Morgan fingerprint density at radius 3 is 2.63 bits per heavy atom. The van der Waals surface area contributed by atoms with Gasteiger partial charge in [-0.25, -0.2) is 9.97 Å². The fourth-order valence-corrected chi connectivity index (χ4v) is 3.89. The summed E-state index contributed by atoms with van der Waals surface area (Å²) in [6.45, 7) is 2.22. The summed E-state index contributed by atoms with van der Waals surface area (Å²) >= 11 is 4.49. The van der Waals surface area contributed by atoms with Crippen molar-refractivity contribution in [2.45, 2.75) is 10.3 Å². The molecule has 0 unspecified atom stereocenters. The van der Waals surface area contributed by atoms with E-state index < -0.39 is 0 Å². The molecule has 0 radical (unpaired) electrons. The lowest BCUT2D eigenvalue weighted by Crippen LogP contribution is -2.49. The van der Waals surface area contributed by atoms with Crippen LogP contribution in [0.3, 0.4) is 0 Å². The minimum absolute atomic E-state index is 0.0154. The number of ether oxygens (including phenoxy) is 1. The average Bonchev–Trinajstić information content (AvgIpc) is 3.03. The third kappa shape index (κ3) is 2.57. The van der Waals surface area contributed by atoms with Gasteiger partial charge in [-0.15, -0.1) is 12.6 Å². The number of nitrogens with zero attached hydrogens (tertiary/aromatic N) is 5. The van der Waals surface area contributed by atoms with Crippen LogP contribution in [0.4, 0.5) is 11.6 Å². The van der Waals surface area contributed by atoms with E-state index in [1.54, 1.807) is 30.7 Å². The number of aromatic nitrogens is 3. The Morgan fingerprint density at radius 2 is 1.93 bits per heavy atom. The molecular weight excluding hydrogens is 358 g/mol. The molecule has 0 atom stereocenters. The number of fused-ring (bicyclic) bond motifs is 2. The van der Waals surface area contributed by atoms with Crippen molar-refractivity contribution < 1.29 is 4.74 Å². The SMILES string of the molecule is N#Cc1ccnc(-c2cnc(N3CC4(COC4)c4ccc(S)cc43)nc2)c1. The Hall–Kier alpha value is -2.95. The molecule has 4 heterocycles. The summed E-state index contributed by atoms with van der Waals surface area (Å²) in [6, 6.07) is 11.7. The topological polar surface area (TPSA) is 74.9 Å². The average molecular weight is 373 g/mol. The van der Waals surface area contributed by atoms with E-state index in [4.69, 9.17) is 10.00 Å². The van der Waals surface area contributed by atoms with E-state index in [2.05, 4.69) is 50.7 Å². The molecule has 5 rings (SSSR count). The van der Waals surface area contributed by atoms with Gasteiger partial charge in [0.15, 0.2) is 0 Å². The van der Waals surface area contributed by atoms with Crippen LogP contribution in [0, 0.1) is 11.3 Å². The van der Waals surface area contributed by atoms with Gasteiger partial charge in [0, 0.05) is 41.3 Å². The Labute approximate surface area is 161 Å². The predicted octanol–water partition coefficient (Wildman–Crippen LogP) is 3.12. The highest BCUT2D eigenvalue weighted by Gasteiger charge is 2.49. The minimum Gasteiger partial charge on any atom is -0.379 e. The second kappa shape index (κ2) is 6.05. The molecule has 2 aromatic heterocycles. The summed E-state index contributed by atoms with van der Waals surface area (Å²) in [6.07, 6.45) is 5.11. The van der Waals surface area contributed by atoms with Gasteiger partial charge in [0.1, 0.15) is 0 Å². The zero-order valence-electron chi connectivity index (χ0n) is 14.3. The first kappa shape index (κ1) is 16.2. The standard InChI is InChI=1S/C20H15N5OS/c21-7-13-3-4-22-17(5-13)14-8-23-19(24-9-14)25-10-20(11-26-12-20)16-2-1-15(27)6-18(16)25/h1-6,8-9,27H,10-12H2. The molecule has 27 heavy (non-hydrogen) atoms. The van der Waals surface area contributed by atoms with Gasteiger partial charge in [-0.2, -0.15) is 5.26 Å². The molecule has 0 aliphatic carbocycles. The molecule has 0 N–H and O–H groups in total. The molecule has 0 bridgehead atoms. The molecule has 1 spiro atoms. The second-order valence-electron chi connectivity index (χ2n) is 6.87. The number of anilines is 2. The highest BCUT2D eigenvalue weighted by atomic mass is 32.1. The van der Waals surface area contributed by atoms with Crippen molar-refractivity contribution in [3.63, 3.8) is 0 Å². The maximum absolute atomic E-state index is 9.06. The largest absolute Gasteiger partial charge is 0.379 e. The van der Waals surface area contributed by atoms with Crippen LogP contribution in [0.15, 0.2) is 53.8 Å². The van der Waals surface area contributed by atoms with E-state index in [1.807, 2.05) is 6.07 Å². The molecule has 6 nitrogen and oxygen atoms in total. The van der Waals surface area contributed by atoms with Crippen molar-refractivity contribution in [2.24, 2.45) is 0 Å². The summed E-state index contributed by atoms with van der Waals surface area (Å²) in [7, 11) is 0. The number of rotatable bonds is 2. The Kier molecular flexibility index (Phi) is 3.64. The molecule has 132 valence electrons. The van der Waals surface area contributed by atoms with Gasteiger partial charge in [-0.05, 0) is 29.8 Å². The molecule has 0 saturated carbocycles. The molecule has 7 heteroatoms. The van der Waals surface area contributed by atoms with Crippen LogP contribution in [0.5, 0.6) is 0 Å². The first-order valence-corrected chi connectivity index (χ1v) is 9.01. The molecule has 1 aromatic carbocycles. The maximum atomic E-state index is 9.06. The van der Waals surface area contributed by atoms with E-state index in [0.29, 0.717) is 30.4 Å². The van der Waals surface area contributed by atoms with Crippen molar-refractivity contribution in [3.05, 3.63) is 60.0 Å². The third-order valence-corrected chi connectivity index (χ3v) is 5.40. The van der Waals surface area contributed by atoms with Crippen LogP contribution >= 0.6 is 12.6 Å². The quantitative estimate of drug-likeness (QED) is 0.696. The predicted molar refractivity (Wildman–Crippen MR) is 103 cm³/mol. The van der Waals surface area contributed by atoms with Crippen molar-refractivity contribution in [3.8, 4) is 17.3 Å². The van der Waals surface area contributed by atoms with Crippen LogP contribution < -0.4 is 4.90 Å². The number of nitriles is 1. The van der Waals surface area contributed by atoms with Crippen molar-refractivity contribution in [1.29, 1.82) is 5.26 Å². The molecule has 3 aromatic rings. The van der Waals surface area contributed by atoms with Gasteiger partial charge in [-0.3, -0.25) is 4.98 Å². The fraction of sp³-hybridized carbons (Fsp3) is 0.200. The van der Waals surface area contributed by atoms with E-state index in [-0.39, 0.29) is 5.41 Å². The zero-order valence-corrected chi connectivity index (χ0v) is 15.2. The summed E-state index contributed by atoms with van der Waals surface area (Å²) < 4.78 is 5.51. The second-order valence-corrected chi connectivity index (χ2v) is 7.39. The summed E-state index contributed by atoms with van der Waals surface area (Å²) in [4.78, 5) is 16.5. The number of hydrogen-bond donors (Lipinski definition) is 1. The minimum atomic E-state index is 0.0154. The third-order valence-electron chi connectivity index (χ3n) is 5.13. The van der Waals surface area contributed by atoms with Crippen LogP contribution in [-0.2, 0) is 10.2 Å². The Bertz CT molecular complexity index is 1070. The lowest BCUT2D eigenvalue weighted by Gasteiger charge is -2.38. The van der Waals surface area contributed by atoms with Crippen molar-refractivity contribution in [2.75, 3.05) is 24.7 Å². The van der Waals surface area contributed by atoms with Gasteiger partial charge in [0.05, 0.1) is 36.0 Å². The van der Waals surface area contributed by atoms with Crippen LogP contribution in [0.25, 0.3) is 11.3 Å². The number of hydrogen-bond acceptors (Lipinski definition) is 7. The van der Waals surface area contributed by atoms with Crippen LogP contribution in [-0.4, -0.2) is 34.7 Å². The fourth-order valence-electron chi connectivity index (χ4n) is 3.69. The van der Waals surface area contributed by atoms with E-state index in [0.717, 1.165) is 22.7 Å². The van der Waals surface area contributed by atoms with E-state index in [1.165, 1.54) is 5.56 Å². The molecular formula is C20H15N5OS. The lowest BCUT2D eigenvalue weighted by molar-refractivity contribution is -0.0507. The van der Waals surface area contributed by atoms with E-state index >= 15 is 0 Å². The Balaban J connectivity index is 1.51. The highest BCUT2D eigenvalue weighted by molar-refractivity contribution is 7.80. The van der Waals surface area contributed by atoms with Crippen LogP contribution in [0.2, 0.25) is 0 Å².